The van der Waals surface area contributed by atoms with Gasteiger partial charge >= 0.3 is 12.3 Å². The van der Waals surface area contributed by atoms with Gasteiger partial charge in [0.1, 0.15) is 11.4 Å². The normalized spacial score (nSPS) is 23.3. The van der Waals surface area contributed by atoms with E-state index in [2.05, 4.69) is 43.5 Å². The predicted molar refractivity (Wildman–Crippen MR) is 142 cm³/mol. The van der Waals surface area contributed by atoms with E-state index in [9.17, 15) is 18.0 Å². The van der Waals surface area contributed by atoms with Crippen LogP contribution in [0, 0.1) is 0 Å². The highest BCUT2D eigenvalue weighted by atomic mass is 19.4. The van der Waals surface area contributed by atoms with Crippen molar-refractivity contribution in [2.75, 3.05) is 61.9 Å². The summed E-state index contributed by atoms with van der Waals surface area (Å²) in [5.41, 5.74) is 2.35. The van der Waals surface area contributed by atoms with Crippen molar-refractivity contribution in [2.24, 2.45) is 0 Å². The fraction of sp³-hybridized carbons (Fsp3) is 0.593. The van der Waals surface area contributed by atoms with Crippen LogP contribution in [0.3, 0.4) is 0 Å². The second-order valence-electron chi connectivity index (χ2n) is 11.0. The summed E-state index contributed by atoms with van der Waals surface area (Å²) in [4.78, 5) is 26.6. The molecule has 1 aliphatic carbocycles. The second-order valence-corrected chi connectivity index (χ2v) is 11.0. The fourth-order valence-corrected chi connectivity index (χ4v) is 6.06. The number of carbonyl (C=O) groups is 1. The van der Waals surface area contributed by atoms with Crippen molar-refractivity contribution in [2.45, 2.75) is 56.3 Å². The van der Waals surface area contributed by atoms with E-state index in [1.165, 1.54) is 11.3 Å². The van der Waals surface area contributed by atoms with Gasteiger partial charge in [0.05, 0.1) is 6.61 Å². The van der Waals surface area contributed by atoms with E-state index in [1.54, 1.807) is 4.90 Å². The van der Waals surface area contributed by atoms with Crippen LogP contribution in [0.15, 0.2) is 24.4 Å². The van der Waals surface area contributed by atoms with Crippen LogP contribution in [-0.4, -0.2) is 84.3 Å². The number of likely N-dealkylation sites (N-methyl/N-ethyl adjacent to an activating group) is 1. The molecule has 3 saturated heterocycles. The van der Waals surface area contributed by atoms with Gasteiger partial charge in [-0.3, -0.25) is 4.90 Å². The van der Waals surface area contributed by atoms with Gasteiger partial charge in [0.25, 0.3) is 0 Å². The molecule has 1 saturated carbocycles. The van der Waals surface area contributed by atoms with Crippen molar-refractivity contribution >= 4 is 29.2 Å². The summed E-state index contributed by atoms with van der Waals surface area (Å²) >= 11 is 0. The number of alkyl halides is 3. The number of nitrogens with zero attached hydrogens (tertiary/aromatic N) is 5. The van der Waals surface area contributed by atoms with Gasteiger partial charge in [-0.2, -0.15) is 18.2 Å². The van der Waals surface area contributed by atoms with E-state index in [-0.39, 0.29) is 24.4 Å². The Bertz CT molecular complexity index is 1220. The molecule has 1 aromatic carbocycles. The van der Waals surface area contributed by atoms with E-state index in [0.717, 1.165) is 50.7 Å². The third kappa shape index (κ3) is 5.43. The van der Waals surface area contributed by atoms with Gasteiger partial charge in [0.2, 0.25) is 5.95 Å². The molecule has 4 aliphatic rings. The van der Waals surface area contributed by atoms with Crippen molar-refractivity contribution in [3.63, 3.8) is 0 Å². The minimum absolute atomic E-state index is 0.117. The van der Waals surface area contributed by atoms with Gasteiger partial charge in [-0.25, -0.2) is 9.78 Å². The van der Waals surface area contributed by atoms with Gasteiger partial charge in [-0.15, -0.1) is 0 Å². The monoisotopic (exact) mass is 545 g/mol. The first-order valence-electron chi connectivity index (χ1n) is 13.7. The predicted octanol–water partition coefficient (Wildman–Crippen LogP) is 4.65. The van der Waals surface area contributed by atoms with Gasteiger partial charge in [0, 0.05) is 67.9 Å². The van der Waals surface area contributed by atoms with Crippen LogP contribution in [0.25, 0.3) is 0 Å². The van der Waals surface area contributed by atoms with Crippen LogP contribution >= 0.6 is 0 Å². The second kappa shape index (κ2) is 10.4. The average Bonchev–Trinajstić information content (AvgIpc) is 3.56. The molecule has 12 heteroatoms. The number of hydrogen-bond donors (Lipinski definition) is 2. The largest absolute Gasteiger partial charge is 0.449 e. The topological polar surface area (TPSA) is 85.9 Å². The molecule has 9 nitrogen and oxygen atoms in total. The number of fused-ring (bicyclic) bond motifs is 2. The van der Waals surface area contributed by atoms with Crippen molar-refractivity contribution in [3.8, 4) is 0 Å². The highest BCUT2D eigenvalue weighted by Gasteiger charge is 2.43. The Hall–Kier alpha value is -3.28. The molecule has 0 unspecified atom stereocenters. The number of cyclic esters (lactones) is 1. The van der Waals surface area contributed by atoms with Crippen LogP contribution in [0.2, 0.25) is 0 Å². The molecule has 2 N–H and O–H groups in total. The maximum Gasteiger partial charge on any atom is 0.421 e. The van der Waals surface area contributed by atoms with Gasteiger partial charge in [0.15, 0.2) is 0 Å². The summed E-state index contributed by atoms with van der Waals surface area (Å²) in [5, 5.41) is 6.07. The number of amides is 1. The summed E-state index contributed by atoms with van der Waals surface area (Å²) < 4.78 is 46.3. The molecular weight excluding hydrogens is 511 g/mol. The van der Waals surface area contributed by atoms with Gasteiger partial charge < -0.3 is 25.2 Å². The minimum atomic E-state index is -4.60. The number of aromatic nitrogens is 2. The molecule has 4 fully saturated rings. The SMILES string of the molecule is CN1C[C@H]2C[C@@H]1CN2c1cccc(Nc2ncc(C(F)(F)F)c(NCCCN3CCCOC3=O)n2)c1C1CC1. The van der Waals surface area contributed by atoms with E-state index < -0.39 is 11.7 Å². The lowest BCUT2D eigenvalue weighted by molar-refractivity contribution is -0.137. The molecule has 4 heterocycles. The molecule has 39 heavy (non-hydrogen) atoms. The first-order chi connectivity index (χ1) is 18.8. The molecule has 1 amide bonds. The van der Waals surface area contributed by atoms with Crippen LogP contribution < -0.4 is 15.5 Å². The summed E-state index contributed by atoms with van der Waals surface area (Å²) in [5.74, 6) is 0.270. The summed E-state index contributed by atoms with van der Waals surface area (Å²) in [6.45, 7) is 3.65. The van der Waals surface area contributed by atoms with E-state index >= 15 is 0 Å². The standard InChI is InChI=1S/C27H34F3N7O2/c1-35-15-19-13-18(35)16-37(19)22-6-2-5-21(23(22)17-7-8-17)33-25-32-14-20(27(28,29)30)24(34-25)31-9-3-10-36-11-4-12-39-26(36)38/h2,5-6,14,17-19H,3-4,7-13,15-16H2,1H3,(H2,31,32,33,34)/t18-,19-/m1/s1. The number of piperazine rings is 1. The Morgan fingerprint density at radius 1 is 1.18 bits per heavy atom. The van der Waals surface area contributed by atoms with Gasteiger partial charge in [-0.05, 0) is 57.2 Å². The Kier molecular flexibility index (Phi) is 6.90. The molecule has 1 aromatic heterocycles. The number of nitrogens with one attached hydrogen (secondary N) is 2. The van der Waals surface area contributed by atoms with Crippen LogP contribution in [0.5, 0.6) is 0 Å². The van der Waals surface area contributed by atoms with Crippen molar-refractivity contribution in [1.29, 1.82) is 0 Å². The minimum Gasteiger partial charge on any atom is -0.449 e. The van der Waals surface area contributed by atoms with Crippen molar-refractivity contribution < 1.29 is 22.7 Å². The summed E-state index contributed by atoms with van der Waals surface area (Å²) in [6.07, 6.45) is 0.409. The number of carbonyl (C=O) groups excluding carboxylic acids is 1. The van der Waals surface area contributed by atoms with Crippen molar-refractivity contribution in [1.82, 2.24) is 19.8 Å². The number of halogens is 3. The van der Waals surface area contributed by atoms with Crippen LogP contribution in [0.1, 0.15) is 49.1 Å². The number of anilines is 4. The summed E-state index contributed by atoms with van der Waals surface area (Å²) in [6, 6.07) is 7.17. The molecule has 2 atom stereocenters. The first-order valence-corrected chi connectivity index (χ1v) is 13.7. The molecule has 0 radical (unpaired) electrons. The average molecular weight is 546 g/mol. The molecule has 3 aliphatic heterocycles. The molecule has 2 aromatic rings. The number of hydrogen-bond acceptors (Lipinski definition) is 8. The summed E-state index contributed by atoms with van der Waals surface area (Å²) in [7, 11) is 2.18. The smallest absolute Gasteiger partial charge is 0.421 e. The molecule has 2 bridgehead atoms. The molecular formula is C27H34F3N7O2. The zero-order valence-electron chi connectivity index (χ0n) is 22.0. The Morgan fingerprint density at radius 3 is 2.72 bits per heavy atom. The maximum absolute atomic E-state index is 13.7. The van der Waals surface area contributed by atoms with Crippen LogP contribution in [-0.2, 0) is 10.9 Å². The lowest BCUT2D eigenvalue weighted by atomic mass is 10.0. The first kappa shape index (κ1) is 26.0. The van der Waals surface area contributed by atoms with Gasteiger partial charge in [-0.1, -0.05) is 6.07 Å². The zero-order chi connectivity index (χ0) is 27.1. The molecule has 6 rings (SSSR count). The number of ether oxygens (including phenoxy) is 1. The zero-order valence-corrected chi connectivity index (χ0v) is 22.0. The lowest BCUT2D eigenvalue weighted by Gasteiger charge is -2.35. The number of likely N-dealkylation sites (tertiary alicyclic amines) is 1. The molecule has 210 valence electrons. The Labute approximate surface area is 225 Å². The molecule has 0 spiro atoms. The highest BCUT2D eigenvalue weighted by Crippen LogP contribution is 2.50. The third-order valence-electron chi connectivity index (χ3n) is 8.19. The number of benzene rings is 1. The number of rotatable bonds is 9. The van der Waals surface area contributed by atoms with E-state index in [4.69, 9.17) is 4.74 Å². The van der Waals surface area contributed by atoms with Crippen molar-refractivity contribution in [3.05, 3.63) is 35.5 Å². The lowest BCUT2D eigenvalue weighted by Crippen LogP contribution is -2.44. The van der Waals surface area contributed by atoms with E-state index in [0.29, 0.717) is 44.1 Å². The highest BCUT2D eigenvalue weighted by molar-refractivity contribution is 5.73. The van der Waals surface area contributed by atoms with Crippen LogP contribution in [0.4, 0.5) is 41.1 Å². The third-order valence-corrected chi connectivity index (χ3v) is 8.19. The quantitative estimate of drug-likeness (QED) is 0.441. The Balaban J connectivity index is 1.20. The fourth-order valence-electron chi connectivity index (χ4n) is 6.06. The maximum atomic E-state index is 13.7. The Morgan fingerprint density at radius 2 is 2.03 bits per heavy atom. The van der Waals surface area contributed by atoms with E-state index in [1.807, 2.05) is 12.1 Å².